The van der Waals surface area contributed by atoms with Crippen molar-refractivity contribution >= 4 is 40.8 Å². The zero-order chi connectivity index (χ0) is 25.9. The number of hydrogen-bond acceptors (Lipinski definition) is 6. The van der Waals surface area contributed by atoms with Crippen LogP contribution < -0.4 is 4.90 Å². The Kier molecular flexibility index (Phi) is 7.10. The van der Waals surface area contributed by atoms with Crippen LogP contribution in [0, 0.1) is 5.92 Å². The molecule has 1 fully saturated rings. The Balaban J connectivity index is 1.26. The standard InChI is InChI=1S/C28H26ClN3O5/c1-2-18-6-3-4-7-23(18)31-16-20(14-26(31)33)28(35)37-17-27(34)32-24(25-8-5-13-36-25)15-22(30-32)19-9-11-21(29)12-10-19/h3-13,20,24H,2,14-17H2,1H3. The number of hydrogen-bond donors (Lipinski definition) is 0. The molecule has 2 aromatic carbocycles. The Labute approximate surface area is 219 Å². The van der Waals surface area contributed by atoms with Gasteiger partial charge in [-0.2, -0.15) is 5.10 Å². The molecule has 0 saturated carbocycles. The van der Waals surface area contributed by atoms with Crippen molar-refractivity contribution in [1.29, 1.82) is 0 Å². The second-order valence-electron chi connectivity index (χ2n) is 9.02. The maximum absolute atomic E-state index is 13.1. The molecule has 1 saturated heterocycles. The molecule has 37 heavy (non-hydrogen) atoms. The van der Waals surface area contributed by atoms with Crippen LogP contribution in [0.15, 0.2) is 76.4 Å². The van der Waals surface area contributed by atoms with Crippen LogP contribution in [0.2, 0.25) is 5.02 Å². The Bertz CT molecular complexity index is 1340. The fourth-order valence-corrected chi connectivity index (χ4v) is 4.87. The summed E-state index contributed by atoms with van der Waals surface area (Å²) in [6.07, 6.45) is 2.80. The average molecular weight is 520 g/mol. The molecule has 8 nitrogen and oxygen atoms in total. The van der Waals surface area contributed by atoms with Gasteiger partial charge in [0, 0.05) is 30.1 Å². The van der Waals surface area contributed by atoms with Gasteiger partial charge >= 0.3 is 5.97 Å². The van der Waals surface area contributed by atoms with E-state index in [1.165, 1.54) is 11.3 Å². The number of amides is 2. The van der Waals surface area contributed by atoms with E-state index in [1.807, 2.05) is 43.3 Å². The van der Waals surface area contributed by atoms with E-state index in [0.717, 1.165) is 23.2 Å². The van der Waals surface area contributed by atoms with E-state index in [9.17, 15) is 14.4 Å². The lowest BCUT2D eigenvalue weighted by atomic mass is 10.0. The number of carbonyl (C=O) groups excluding carboxylic acids is 3. The van der Waals surface area contributed by atoms with Crippen LogP contribution in [0.1, 0.15) is 42.7 Å². The zero-order valence-corrected chi connectivity index (χ0v) is 21.1. The molecule has 0 aliphatic carbocycles. The van der Waals surface area contributed by atoms with E-state index in [2.05, 4.69) is 5.10 Å². The van der Waals surface area contributed by atoms with Gasteiger partial charge in [0.2, 0.25) is 5.91 Å². The number of carbonyl (C=O) groups is 3. The van der Waals surface area contributed by atoms with Gasteiger partial charge in [0.25, 0.3) is 5.91 Å². The van der Waals surface area contributed by atoms with Gasteiger partial charge in [-0.1, -0.05) is 48.9 Å². The molecule has 0 bridgehead atoms. The summed E-state index contributed by atoms with van der Waals surface area (Å²) >= 11 is 6.01. The third-order valence-corrected chi connectivity index (χ3v) is 6.93. The van der Waals surface area contributed by atoms with Crippen LogP contribution in [0.3, 0.4) is 0 Å². The van der Waals surface area contributed by atoms with Gasteiger partial charge in [-0.15, -0.1) is 0 Å². The quantitative estimate of drug-likeness (QED) is 0.419. The minimum atomic E-state index is -0.641. The van der Waals surface area contributed by atoms with E-state index in [4.69, 9.17) is 20.8 Å². The number of ether oxygens (including phenoxy) is 1. The van der Waals surface area contributed by atoms with Gasteiger partial charge in [-0.3, -0.25) is 14.4 Å². The highest BCUT2D eigenvalue weighted by Crippen LogP contribution is 2.34. The van der Waals surface area contributed by atoms with Crippen molar-refractivity contribution in [2.45, 2.75) is 32.2 Å². The molecule has 5 rings (SSSR count). The number of benzene rings is 2. The van der Waals surface area contributed by atoms with Crippen molar-refractivity contribution in [3.05, 3.63) is 88.8 Å². The number of esters is 1. The summed E-state index contributed by atoms with van der Waals surface area (Å²) in [6.45, 7) is 1.76. The third-order valence-electron chi connectivity index (χ3n) is 6.67. The van der Waals surface area contributed by atoms with Gasteiger partial charge in [-0.05, 0) is 47.9 Å². The van der Waals surface area contributed by atoms with Gasteiger partial charge < -0.3 is 14.1 Å². The predicted octanol–water partition coefficient (Wildman–Crippen LogP) is 4.77. The number of halogens is 1. The van der Waals surface area contributed by atoms with Crippen molar-refractivity contribution in [1.82, 2.24) is 5.01 Å². The van der Waals surface area contributed by atoms with Crippen LogP contribution in [0.5, 0.6) is 0 Å². The molecule has 1 aromatic heterocycles. The summed E-state index contributed by atoms with van der Waals surface area (Å²) in [5.41, 5.74) is 3.38. The maximum atomic E-state index is 13.1. The normalized spacial score (nSPS) is 19.3. The third kappa shape index (κ3) is 5.15. The highest BCUT2D eigenvalue weighted by Gasteiger charge is 2.39. The lowest BCUT2D eigenvalue weighted by Gasteiger charge is -2.21. The fraction of sp³-hybridized carbons (Fsp3) is 0.286. The summed E-state index contributed by atoms with van der Waals surface area (Å²) in [4.78, 5) is 40.3. The molecule has 0 radical (unpaired) electrons. The first kappa shape index (κ1) is 24.8. The number of nitrogens with zero attached hydrogens (tertiary/aromatic N) is 3. The highest BCUT2D eigenvalue weighted by molar-refractivity contribution is 6.30. The average Bonchev–Trinajstić information content (AvgIpc) is 3.67. The summed E-state index contributed by atoms with van der Waals surface area (Å²) < 4.78 is 10.9. The molecular weight excluding hydrogens is 494 g/mol. The molecule has 0 N–H and O–H groups in total. The lowest BCUT2D eigenvalue weighted by molar-refractivity contribution is -0.156. The van der Waals surface area contributed by atoms with Gasteiger partial charge in [0.1, 0.15) is 11.8 Å². The smallest absolute Gasteiger partial charge is 0.311 e. The highest BCUT2D eigenvalue weighted by atomic mass is 35.5. The van der Waals surface area contributed by atoms with E-state index in [1.54, 1.807) is 29.2 Å². The molecule has 3 aromatic rings. The molecule has 0 spiro atoms. The van der Waals surface area contributed by atoms with Crippen LogP contribution in [-0.2, 0) is 25.5 Å². The molecule has 2 amide bonds. The number of anilines is 1. The van der Waals surface area contributed by atoms with E-state index in [-0.39, 0.29) is 18.9 Å². The van der Waals surface area contributed by atoms with Crippen molar-refractivity contribution < 1.29 is 23.5 Å². The molecule has 2 aliphatic heterocycles. The Morgan fingerprint density at radius 3 is 2.59 bits per heavy atom. The van der Waals surface area contributed by atoms with Gasteiger partial charge in [-0.25, -0.2) is 5.01 Å². The summed E-state index contributed by atoms with van der Waals surface area (Å²) in [5, 5.41) is 6.44. The van der Waals surface area contributed by atoms with Gasteiger partial charge in [0.05, 0.1) is 17.9 Å². The molecule has 2 unspecified atom stereocenters. The second-order valence-corrected chi connectivity index (χ2v) is 9.46. The number of furan rings is 1. The SMILES string of the molecule is CCc1ccccc1N1CC(C(=O)OCC(=O)N2N=C(c3ccc(Cl)cc3)CC2c2ccco2)CC1=O. The van der Waals surface area contributed by atoms with Crippen molar-refractivity contribution in [2.75, 3.05) is 18.1 Å². The summed E-state index contributed by atoms with van der Waals surface area (Å²) in [5.74, 6) is -1.24. The first-order valence-electron chi connectivity index (χ1n) is 12.2. The fourth-order valence-electron chi connectivity index (χ4n) is 4.75. The lowest BCUT2D eigenvalue weighted by Crippen LogP contribution is -2.33. The predicted molar refractivity (Wildman–Crippen MR) is 138 cm³/mol. The topological polar surface area (TPSA) is 92.4 Å². The molecule has 3 heterocycles. The molecule has 190 valence electrons. The van der Waals surface area contributed by atoms with Gasteiger partial charge in [0.15, 0.2) is 6.61 Å². The van der Waals surface area contributed by atoms with Crippen molar-refractivity contribution in [3.8, 4) is 0 Å². The minimum Gasteiger partial charge on any atom is -0.467 e. The van der Waals surface area contributed by atoms with Crippen LogP contribution in [0.4, 0.5) is 5.69 Å². The van der Waals surface area contributed by atoms with Crippen LogP contribution >= 0.6 is 11.6 Å². The Hall–Kier alpha value is -3.91. The Morgan fingerprint density at radius 1 is 1.08 bits per heavy atom. The van der Waals surface area contributed by atoms with E-state index in [0.29, 0.717) is 22.9 Å². The number of para-hydroxylation sites is 1. The van der Waals surface area contributed by atoms with Crippen LogP contribution in [0.25, 0.3) is 0 Å². The summed E-state index contributed by atoms with van der Waals surface area (Å²) in [7, 11) is 0. The first-order chi connectivity index (χ1) is 17.9. The zero-order valence-electron chi connectivity index (χ0n) is 20.3. The first-order valence-corrected chi connectivity index (χ1v) is 12.6. The van der Waals surface area contributed by atoms with E-state index < -0.39 is 30.4 Å². The van der Waals surface area contributed by atoms with Crippen LogP contribution in [-0.4, -0.2) is 41.7 Å². The molecule has 9 heteroatoms. The van der Waals surface area contributed by atoms with E-state index >= 15 is 0 Å². The minimum absolute atomic E-state index is 0.0443. The summed E-state index contributed by atoms with van der Waals surface area (Å²) in [6, 6.07) is 17.9. The maximum Gasteiger partial charge on any atom is 0.311 e. The largest absolute Gasteiger partial charge is 0.467 e. The molecule has 2 aliphatic rings. The number of rotatable bonds is 7. The molecular formula is C28H26ClN3O5. The Morgan fingerprint density at radius 2 is 1.86 bits per heavy atom. The van der Waals surface area contributed by atoms with Crippen molar-refractivity contribution in [2.24, 2.45) is 11.0 Å². The second kappa shape index (κ2) is 10.6. The molecule has 2 atom stereocenters. The number of aryl methyl sites for hydroxylation is 1. The van der Waals surface area contributed by atoms with Crippen molar-refractivity contribution in [3.63, 3.8) is 0 Å². The monoisotopic (exact) mass is 519 g/mol. The number of hydrazone groups is 1.